The highest BCUT2D eigenvalue weighted by Gasteiger charge is 2.20. The monoisotopic (exact) mass is 387 g/mol. The summed E-state index contributed by atoms with van der Waals surface area (Å²) in [5, 5.41) is 3.78. The molecule has 144 valence electrons. The van der Waals surface area contributed by atoms with Gasteiger partial charge in [0.1, 0.15) is 5.75 Å². The van der Waals surface area contributed by atoms with Gasteiger partial charge in [0.05, 0.1) is 7.11 Å². The lowest BCUT2D eigenvalue weighted by molar-refractivity contribution is 0.135. The minimum absolute atomic E-state index is 0.0102. The maximum Gasteiger partial charge on any atom is 0.317 e. The summed E-state index contributed by atoms with van der Waals surface area (Å²) < 4.78 is 5.35. The molecule has 0 saturated carbocycles. The molecule has 2 aromatic carbocycles. The molecule has 2 aromatic rings. The van der Waals surface area contributed by atoms with Crippen molar-refractivity contribution >= 4 is 17.6 Å². The molecule has 0 aromatic heterocycles. The van der Waals surface area contributed by atoms with Crippen molar-refractivity contribution in [1.29, 1.82) is 0 Å². The van der Waals surface area contributed by atoms with Crippen LogP contribution in [0.2, 0.25) is 5.02 Å². The number of para-hydroxylation sites is 1. The third-order valence-electron chi connectivity index (χ3n) is 4.84. The molecule has 0 bridgehead atoms. The molecule has 0 atom stereocenters. The van der Waals surface area contributed by atoms with Crippen molar-refractivity contribution in [3.8, 4) is 5.75 Å². The van der Waals surface area contributed by atoms with Crippen LogP contribution in [0.25, 0.3) is 0 Å². The summed E-state index contributed by atoms with van der Waals surface area (Å²) in [6, 6.07) is 15.9. The minimum Gasteiger partial charge on any atom is -0.496 e. The van der Waals surface area contributed by atoms with Crippen molar-refractivity contribution in [2.75, 3.05) is 39.8 Å². The Labute approximate surface area is 165 Å². The average Bonchev–Trinajstić information content (AvgIpc) is 2.70. The first-order valence-corrected chi connectivity index (χ1v) is 9.65. The third kappa shape index (κ3) is 5.62. The number of hydrogen-bond acceptors (Lipinski definition) is 3. The molecular formula is C21H26ClN3O2. The molecule has 0 spiro atoms. The van der Waals surface area contributed by atoms with Gasteiger partial charge in [-0.2, -0.15) is 0 Å². The smallest absolute Gasteiger partial charge is 0.317 e. The molecule has 27 heavy (non-hydrogen) atoms. The molecule has 1 N–H and O–H groups in total. The van der Waals surface area contributed by atoms with Crippen molar-refractivity contribution < 1.29 is 9.53 Å². The van der Waals surface area contributed by atoms with E-state index < -0.39 is 0 Å². The summed E-state index contributed by atoms with van der Waals surface area (Å²) in [6.45, 7) is 4.73. The fourth-order valence-electron chi connectivity index (χ4n) is 3.28. The molecule has 3 rings (SSSR count). The van der Waals surface area contributed by atoms with E-state index in [0.717, 1.165) is 55.5 Å². The number of amides is 2. The maximum atomic E-state index is 12.4. The van der Waals surface area contributed by atoms with E-state index in [-0.39, 0.29) is 6.03 Å². The maximum absolute atomic E-state index is 12.4. The summed E-state index contributed by atoms with van der Waals surface area (Å²) in [6.07, 6.45) is 0.756. The molecule has 0 unspecified atom stereocenters. The van der Waals surface area contributed by atoms with Crippen molar-refractivity contribution in [1.82, 2.24) is 15.1 Å². The number of nitrogens with one attached hydrogen (secondary N) is 1. The zero-order valence-electron chi connectivity index (χ0n) is 15.7. The first kappa shape index (κ1) is 19.5. The summed E-state index contributed by atoms with van der Waals surface area (Å²) in [4.78, 5) is 16.6. The Morgan fingerprint density at radius 1 is 1.07 bits per heavy atom. The standard InChI is InChI=1S/C21H26ClN3O2/c1-27-20-5-3-2-4-18(20)10-11-23-21(26)25-14-12-24(13-15-25)16-17-6-8-19(22)9-7-17/h2-9H,10-16H2,1H3,(H,23,26). The quantitative estimate of drug-likeness (QED) is 0.826. The highest BCUT2D eigenvalue weighted by atomic mass is 35.5. The first-order chi connectivity index (χ1) is 13.2. The second-order valence-electron chi connectivity index (χ2n) is 6.68. The van der Waals surface area contributed by atoms with Crippen LogP contribution < -0.4 is 10.1 Å². The normalized spacial score (nSPS) is 14.8. The molecule has 6 heteroatoms. The van der Waals surface area contributed by atoms with E-state index in [1.807, 2.05) is 41.3 Å². The van der Waals surface area contributed by atoms with Gasteiger partial charge in [-0.15, -0.1) is 0 Å². The number of carbonyl (C=O) groups excluding carboxylic acids is 1. The average molecular weight is 388 g/mol. The molecule has 1 heterocycles. The van der Waals surface area contributed by atoms with E-state index >= 15 is 0 Å². The molecule has 1 aliphatic rings. The number of methoxy groups -OCH3 is 1. The van der Waals surface area contributed by atoms with Crippen molar-refractivity contribution in [2.45, 2.75) is 13.0 Å². The second-order valence-corrected chi connectivity index (χ2v) is 7.12. The fraction of sp³-hybridized carbons (Fsp3) is 0.381. The molecule has 1 saturated heterocycles. The number of rotatable bonds is 6. The lowest BCUT2D eigenvalue weighted by Crippen LogP contribution is -2.51. The Hall–Kier alpha value is -2.24. The van der Waals surface area contributed by atoms with Crippen LogP contribution in [0.1, 0.15) is 11.1 Å². The van der Waals surface area contributed by atoms with Crippen molar-refractivity contribution in [3.63, 3.8) is 0 Å². The number of carbonyl (C=O) groups is 1. The molecule has 0 radical (unpaired) electrons. The summed E-state index contributed by atoms with van der Waals surface area (Å²) in [7, 11) is 1.67. The SMILES string of the molecule is COc1ccccc1CCNC(=O)N1CCN(Cc2ccc(Cl)cc2)CC1. The molecule has 1 aliphatic heterocycles. The van der Waals surface area contributed by atoms with Gasteiger partial charge in [-0.25, -0.2) is 4.79 Å². The number of halogens is 1. The van der Waals surface area contributed by atoms with E-state index in [0.29, 0.717) is 6.54 Å². The molecular weight excluding hydrogens is 362 g/mol. The lowest BCUT2D eigenvalue weighted by Gasteiger charge is -2.34. The summed E-state index contributed by atoms with van der Waals surface area (Å²) in [5.74, 6) is 0.863. The molecule has 1 fully saturated rings. The topological polar surface area (TPSA) is 44.8 Å². The number of nitrogens with zero attached hydrogens (tertiary/aromatic N) is 2. The van der Waals surface area contributed by atoms with Crippen LogP contribution in [0, 0.1) is 0 Å². The number of piperazine rings is 1. The predicted octanol–water partition coefficient (Wildman–Crippen LogP) is 3.42. The van der Waals surface area contributed by atoms with Gasteiger partial charge in [0.25, 0.3) is 0 Å². The van der Waals surface area contributed by atoms with Crippen LogP contribution in [0.15, 0.2) is 48.5 Å². The van der Waals surface area contributed by atoms with Gasteiger partial charge in [0.2, 0.25) is 0 Å². The van der Waals surface area contributed by atoms with Gasteiger partial charge in [-0.3, -0.25) is 4.90 Å². The number of benzene rings is 2. The van der Waals surface area contributed by atoms with Gasteiger partial charge >= 0.3 is 6.03 Å². The van der Waals surface area contributed by atoms with E-state index in [1.165, 1.54) is 5.56 Å². The lowest BCUT2D eigenvalue weighted by atomic mass is 10.1. The van der Waals surface area contributed by atoms with Gasteiger partial charge in [0.15, 0.2) is 0 Å². The van der Waals surface area contributed by atoms with Crippen LogP contribution in [0.3, 0.4) is 0 Å². The van der Waals surface area contributed by atoms with Crippen LogP contribution in [0.5, 0.6) is 5.75 Å². The minimum atomic E-state index is 0.0102. The van der Waals surface area contributed by atoms with E-state index in [4.69, 9.17) is 16.3 Å². The Morgan fingerprint density at radius 3 is 2.48 bits per heavy atom. The highest BCUT2D eigenvalue weighted by Crippen LogP contribution is 2.17. The van der Waals surface area contributed by atoms with Crippen LogP contribution in [0.4, 0.5) is 4.79 Å². The summed E-state index contributed by atoms with van der Waals surface area (Å²) >= 11 is 5.93. The zero-order chi connectivity index (χ0) is 19.1. The Bertz CT molecular complexity index is 743. The van der Waals surface area contributed by atoms with Crippen molar-refractivity contribution in [2.24, 2.45) is 0 Å². The first-order valence-electron chi connectivity index (χ1n) is 9.27. The zero-order valence-corrected chi connectivity index (χ0v) is 16.4. The largest absolute Gasteiger partial charge is 0.496 e. The number of ether oxygens (including phenoxy) is 1. The molecule has 2 amide bonds. The Morgan fingerprint density at radius 2 is 1.78 bits per heavy atom. The van der Waals surface area contributed by atoms with E-state index in [1.54, 1.807) is 7.11 Å². The molecule has 0 aliphatic carbocycles. The van der Waals surface area contributed by atoms with Gasteiger partial charge < -0.3 is 15.0 Å². The second kappa shape index (κ2) is 9.62. The Balaban J connectivity index is 1.40. The fourth-order valence-corrected chi connectivity index (χ4v) is 3.41. The van der Waals surface area contributed by atoms with Crippen molar-refractivity contribution in [3.05, 3.63) is 64.7 Å². The highest BCUT2D eigenvalue weighted by molar-refractivity contribution is 6.30. The number of urea groups is 1. The van der Waals surface area contributed by atoms with Gasteiger partial charge in [0, 0.05) is 44.3 Å². The van der Waals surface area contributed by atoms with Crippen LogP contribution in [-0.4, -0.2) is 55.7 Å². The molecule has 5 nitrogen and oxygen atoms in total. The predicted molar refractivity (Wildman–Crippen MR) is 108 cm³/mol. The van der Waals surface area contributed by atoms with Gasteiger partial charge in [-0.1, -0.05) is 41.9 Å². The Kier molecular flexibility index (Phi) is 6.96. The van der Waals surface area contributed by atoms with E-state index in [2.05, 4.69) is 22.3 Å². The third-order valence-corrected chi connectivity index (χ3v) is 5.09. The van der Waals surface area contributed by atoms with Crippen LogP contribution in [-0.2, 0) is 13.0 Å². The number of hydrogen-bond donors (Lipinski definition) is 1. The summed E-state index contributed by atoms with van der Waals surface area (Å²) in [5.41, 5.74) is 2.35. The van der Waals surface area contributed by atoms with Crippen LogP contribution >= 0.6 is 11.6 Å². The van der Waals surface area contributed by atoms with E-state index in [9.17, 15) is 4.79 Å². The van der Waals surface area contributed by atoms with Gasteiger partial charge in [-0.05, 0) is 35.7 Å².